The molecule has 122 valence electrons. The molecule has 0 bridgehead atoms. The van der Waals surface area contributed by atoms with E-state index in [0.29, 0.717) is 16.5 Å². The monoisotopic (exact) mass is 344 g/mol. The number of carbonyl (C=O) groups is 2. The van der Waals surface area contributed by atoms with Crippen molar-refractivity contribution in [2.75, 3.05) is 12.4 Å². The number of rotatable bonds is 3. The second kappa shape index (κ2) is 6.29. The summed E-state index contributed by atoms with van der Waals surface area (Å²) in [5.41, 5.74) is 1.63. The van der Waals surface area contributed by atoms with Crippen LogP contribution >= 0.6 is 11.6 Å². The van der Waals surface area contributed by atoms with Crippen molar-refractivity contribution >= 4 is 40.5 Å². The van der Waals surface area contributed by atoms with E-state index < -0.39 is 11.9 Å². The fourth-order valence-corrected chi connectivity index (χ4v) is 2.40. The van der Waals surface area contributed by atoms with Crippen LogP contribution in [0.4, 0.5) is 5.95 Å². The maximum Gasteiger partial charge on any atom is 0.356 e. The van der Waals surface area contributed by atoms with Crippen molar-refractivity contribution in [3.05, 3.63) is 52.8 Å². The molecule has 0 saturated heterocycles. The standard InChI is InChI=1S/C16H13ClN4O3/c1-21-13-7-6-9(17)8-12(13)19-16(21)20-14(22)10-4-3-5-11(18-10)15(23)24-2/h3-8H,1-2H3,(H,19,20,22). The zero-order valence-corrected chi connectivity index (χ0v) is 13.7. The van der Waals surface area contributed by atoms with Crippen LogP contribution < -0.4 is 5.32 Å². The van der Waals surface area contributed by atoms with Gasteiger partial charge >= 0.3 is 5.97 Å². The molecule has 2 aromatic heterocycles. The topological polar surface area (TPSA) is 86.1 Å². The first kappa shape index (κ1) is 15.9. The number of benzene rings is 1. The number of anilines is 1. The molecular weight excluding hydrogens is 332 g/mol. The Balaban J connectivity index is 1.90. The van der Waals surface area contributed by atoms with Gasteiger partial charge in [0.25, 0.3) is 5.91 Å². The van der Waals surface area contributed by atoms with Gasteiger partial charge in [-0.3, -0.25) is 10.1 Å². The quantitative estimate of drug-likeness (QED) is 0.738. The molecule has 0 aliphatic carbocycles. The van der Waals surface area contributed by atoms with Crippen molar-refractivity contribution in [3.8, 4) is 0 Å². The summed E-state index contributed by atoms with van der Waals surface area (Å²) in [6, 6.07) is 9.81. The third kappa shape index (κ3) is 2.93. The number of esters is 1. The lowest BCUT2D eigenvalue weighted by molar-refractivity contribution is 0.0594. The minimum atomic E-state index is -0.609. The molecule has 2 heterocycles. The number of ether oxygens (including phenoxy) is 1. The summed E-state index contributed by atoms with van der Waals surface area (Å²) in [6.07, 6.45) is 0. The van der Waals surface area contributed by atoms with Crippen LogP contribution in [-0.4, -0.2) is 33.5 Å². The summed E-state index contributed by atoms with van der Waals surface area (Å²) in [6.45, 7) is 0. The van der Waals surface area contributed by atoms with E-state index in [4.69, 9.17) is 11.6 Å². The number of nitrogens with zero attached hydrogens (tertiary/aromatic N) is 3. The van der Waals surface area contributed by atoms with Crippen molar-refractivity contribution in [2.45, 2.75) is 0 Å². The number of fused-ring (bicyclic) bond motifs is 1. The number of aryl methyl sites for hydroxylation is 1. The molecule has 0 aliphatic rings. The Morgan fingerprint density at radius 1 is 1.17 bits per heavy atom. The molecule has 0 aliphatic heterocycles. The molecule has 3 aromatic rings. The smallest absolute Gasteiger partial charge is 0.356 e. The molecule has 0 radical (unpaired) electrons. The Kier molecular flexibility index (Phi) is 4.18. The number of amides is 1. The Morgan fingerprint density at radius 3 is 2.67 bits per heavy atom. The molecule has 1 N–H and O–H groups in total. The maximum atomic E-state index is 12.4. The summed E-state index contributed by atoms with van der Waals surface area (Å²) in [4.78, 5) is 32.2. The Bertz CT molecular complexity index is 952. The summed E-state index contributed by atoms with van der Waals surface area (Å²) in [5.74, 6) is -0.741. The van der Waals surface area contributed by atoms with E-state index >= 15 is 0 Å². The molecule has 7 nitrogen and oxygen atoms in total. The zero-order chi connectivity index (χ0) is 17.3. The van der Waals surface area contributed by atoms with Gasteiger partial charge in [0.1, 0.15) is 11.4 Å². The van der Waals surface area contributed by atoms with Crippen LogP contribution in [0.15, 0.2) is 36.4 Å². The van der Waals surface area contributed by atoms with Crippen molar-refractivity contribution < 1.29 is 14.3 Å². The van der Waals surface area contributed by atoms with Crippen LogP contribution in [0.2, 0.25) is 5.02 Å². The highest BCUT2D eigenvalue weighted by Gasteiger charge is 2.15. The van der Waals surface area contributed by atoms with Crippen molar-refractivity contribution in [1.82, 2.24) is 14.5 Å². The fraction of sp³-hybridized carbons (Fsp3) is 0.125. The fourth-order valence-electron chi connectivity index (χ4n) is 2.23. The molecule has 0 spiro atoms. The van der Waals surface area contributed by atoms with Gasteiger partial charge in [0.2, 0.25) is 5.95 Å². The third-order valence-electron chi connectivity index (χ3n) is 3.44. The van der Waals surface area contributed by atoms with Crippen LogP contribution in [0, 0.1) is 0 Å². The lowest BCUT2D eigenvalue weighted by Gasteiger charge is -2.05. The number of hydrogen-bond acceptors (Lipinski definition) is 5. The molecule has 0 unspecified atom stereocenters. The lowest BCUT2D eigenvalue weighted by atomic mass is 10.3. The number of pyridine rings is 1. The first-order valence-corrected chi connectivity index (χ1v) is 7.36. The molecule has 0 saturated carbocycles. The highest BCUT2D eigenvalue weighted by molar-refractivity contribution is 6.31. The number of imidazole rings is 1. The van der Waals surface area contributed by atoms with Crippen molar-refractivity contribution in [3.63, 3.8) is 0 Å². The van der Waals surface area contributed by atoms with Gasteiger partial charge in [-0.25, -0.2) is 14.8 Å². The van der Waals surface area contributed by atoms with E-state index in [1.165, 1.54) is 19.2 Å². The van der Waals surface area contributed by atoms with E-state index in [0.717, 1.165) is 5.52 Å². The molecule has 8 heteroatoms. The van der Waals surface area contributed by atoms with Crippen LogP contribution in [-0.2, 0) is 11.8 Å². The first-order chi connectivity index (χ1) is 11.5. The third-order valence-corrected chi connectivity index (χ3v) is 3.68. The minimum Gasteiger partial charge on any atom is -0.464 e. The van der Waals surface area contributed by atoms with Gasteiger partial charge in [0, 0.05) is 12.1 Å². The zero-order valence-electron chi connectivity index (χ0n) is 12.9. The second-order valence-corrected chi connectivity index (χ2v) is 5.42. The Morgan fingerprint density at radius 2 is 1.92 bits per heavy atom. The van der Waals surface area contributed by atoms with Gasteiger partial charge in [-0.1, -0.05) is 17.7 Å². The van der Waals surface area contributed by atoms with Crippen LogP contribution in [0.25, 0.3) is 11.0 Å². The molecule has 24 heavy (non-hydrogen) atoms. The number of methoxy groups -OCH3 is 1. The number of nitrogens with one attached hydrogen (secondary N) is 1. The van der Waals surface area contributed by atoms with Crippen LogP contribution in [0.5, 0.6) is 0 Å². The van der Waals surface area contributed by atoms with Gasteiger partial charge < -0.3 is 9.30 Å². The van der Waals surface area contributed by atoms with Gasteiger partial charge in [0.05, 0.1) is 18.1 Å². The normalized spacial score (nSPS) is 10.6. The van der Waals surface area contributed by atoms with Gasteiger partial charge in [0.15, 0.2) is 0 Å². The average molecular weight is 345 g/mol. The van der Waals surface area contributed by atoms with E-state index in [-0.39, 0.29) is 11.4 Å². The molecule has 3 rings (SSSR count). The SMILES string of the molecule is COC(=O)c1cccc(C(=O)Nc2nc3cc(Cl)ccc3n2C)n1. The number of halogens is 1. The highest BCUT2D eigenvalue weighted by atomic mass is 35.5. The molecule has 1 amide bonds. The Labute approximate surface area is 142 Å². The predicted molar refractivity (Wildman–Crippen MR) is 89.3 cm³/mol. The Hall–Kier alpha value is -2.93. The summed E-state index contributed by atoms with van der Waals surface area (Å²) >= 11 is 5.95. The summed E-state index contributed by atoms with van der Waals surface area (Å²) in [5, 5.41) is 3.24. The van der Waals surface area contributed by atoms with Gasteiger partial charge in [-0.15, -0.1) is 0 Å². The number of aromatic nitrogens is 3. The summed E-state index contributed by atoms with van der Waals surface area (Å²) in [7, 11) is 3.03. The van der Waals surface area contributed by atoms with E-state index in [1.807, 2.05) is 6.07 Å². The van der Waals surface area contributed by atoms with Crippen LogP contribution in [0.1, 0.15) is 21.0 Å². The van der Waals surface area contributed by atoms with E-state index in [1.54, 1.807) is 29.8 Å². The van der Waals surface area contributed by atoms with Crippen molar-refractivity contribution in [2.24, 2.45) is 7.05 Å². The molecular formula is C16H13ClN4O3. The van der Waals surface area contributed by atoms with E-state index in [2.05, 4.69) is 20.0 Å². The first-order valence-electron chi connectivity index (χ1n) is 6.98. The number of hydrogen-bond donors (Lipinski definition) is 1. The number of carbonyl (C=O) groups excluding carboxylic acids is 2. The van der Waals surface area contributed by atoms with Gasteiger partial charge in [-0.2, -0.15) is 0 Å². The van der Waals surface area contributed by atoms with E-state index in [9.17, 15) is 9.59 Å². The highest BCUT2D eigenvalue weighted by Crippen LogP contribution is 2.22. The lowest BCUT2D eigenvalue weighted by Crippen LogP contribution is -2.18. The second-order valence-electron chi connectivity index (χ2n) is 4.98. The minimum absolute atomic E-state index is 0.0573. The average Bonchev–Trinajstić information content (AvgIpc) is 2.89. The predicted octanol–water partition coefficient (Wildman–Crippen LogP) is 2.66. The van der Waals surface area contributed by atoms with Crippen LogP contribution in [0.3, 0.4) is 0 Å². The summed E-state index contributed by atoms with van der Waals surface area (Å²) < 4.78 is 6.33. The molecule has 1 aromatic carbocycles. The maximum absolute atomic E-state index is 12.4. The largest absolute Gasteiger partial charge is 0.464 e. The molecule has 0 fully saturated rings. The molecule has 0 atom stereocenters. The van der Waals surface area contributed by atoms with Gasteiger partial charge in [-0.05, 0) is 30.3 Å². The van der Waals surface area contributed by atoms with Crippen molar-refractivity contribution in [1.29, 1.82) is 0 Å².